The van der Waals surface area contributed by atoms with Gasteiger partial charge in [-0.3, -0.25) is 10.1 Å². The number of rotatable bonds is 6. The van der Waals surface area contributed by atoms with Crippen LogP contribution in [0.2, 0.25) is 5.02 Å². The molecule has 2 rings (SSSR count). The minimum atomic E-state index is -0.423. The van der Waals surface area contributed by atoms with Crippen LogP contribution in [-0.4, -0.2) is 23.1 Å². The Kier molecular flexibility index (Phi) is 6.34. The van der Waals surface area contributed by atoms with Crippen LogP contribution in [0.1, 0.15) is 5.56 Å². The molecule has 2 aromatic carbocycles. The highest BCUT2D eigenvalue weighted by Gasteiger charge is 2.05. The highest BCUT2D eigenvalue weighted by molar-refractivity contribution is 7.80. The molecule has 0 aromatic heterocycles. The second-order valence-electron chi connectivity index (χ2n) is 5.02. The Bertz CT molecular complexity index is 737. The topological polar surface area (TPSA) is 79.2 Å². The summed E-state index contributed by atoms with van der Waals surface area (Å²) in [6.07, 6.45) is 0. The number of thiocarbonyl (C=S) groups is 1. The fourth-order valence-electron chi connectivity index (χ4n) is 1.99. The zero-order chi connectivity index (χ0) is 17.5. The number of anilines is 2. The van der Waals surface area contributed by atoms with Gasteiger partial charge in [0, 0.05) is 41.6 Å². The molecule has 0 atom stereocenters. The van der Waals surface area contributed by atoms with Crippen LogP contribution in [0, 0.1) is 17.0 Å². The van der Waals surface area contributed by atoms with Gasteiger partial charge in [0.05, 0.1) is 4.92 Å². The van der Waals surface area contributed by atoms with Gasteiger partial charge in [-0.1, -0.05) is 17.7 Å². The molecule has 0 bridgehead atoms. The fourth-order valence-corrected chi connectivity index (χ4v) is 2.38. The van der Waals surface area contributed by atoms with E-state index in [2.05, 4.69) is 16.0 Å². The Balaban J connectivity index is 1.74. The summed E-state index contributed by atoms with van der Waals surface area (Å²) in [7, 11) is 0. The molecule has 0 amide bonds. The maximum atomic E-state index is 10.6. The molecule has 0 fully saturated rings. The molecule has 0 saturated heterocycles. The third-order valence-electron chi connectivity index (χ3n) is 3.33. The van der Waals surface area contributed by atoms with Gasteiger partial charge < -0.3 is 16.0 Å². The molecule has 6 nitrogen and oxygen atoms in total. The summed E-state index contributed by atoms with van der Waals surface area (Å²) in [5, 5.41) is 21.1. The number of nitrogens with one attached hydrogen (secondary N) is 3. The molecule has 0 heterocycles. The smallest absolute Gasteiger partial charge is 0.269 e. The molecular formula is C16H17ClN4O2S. The van der Waals surface area contributed by atoms with E-state index in [1.54, 1.807) is 12.1 Å². The molecular weight excluding hydrogens is 348 g/mol. The van der Waals surface area contributed by atoms with Gasteiger partial charge in [-0.2, -0.15) is 0 Å². The van der Waals surface area contributed by atoms with Gasteiger partial charge in [0.15, 0.2) is 5.11 Å². The van der Waals surface area contributed by atoms with E-state index in [1.165, 1.54) is 12.1 Å². The first-order valence-electron chi connectivity index (χ1n) is 7.25. The molecule has 2 aromatic rings. The van der Waals surface area contributed by atoms with E-state index < -0.39 is 4.92 Å². The van der Waals surface area contributed by atoms with Gasteiger partial charge in [0.2, 0.25) is 0 Å². The first-order chi connectivity index (χ1) is 11.5. The van der Waals surface area contributed by atoms with E-state index >= 15 is 0 Å². The number of nitrogens with zero attached hydrogens (tertiary/aromatic N) is 1. The third-order valence-corrected chi connectivity index (χ3v) is 3.99. The predicted octanol–water partition coefficient (Wildman–Crippen LogP) is 3.96. The van der Waals surface area contributed by atoms with Crippen molar-refractivity contribution in [3.63, 3.8) is 0 Å². The highest BCUT2D eigenvalue weighted by atomic mass is 35.5. The Morgan fingerprint density at radius 2 is 1.92 bits per heavy atom. The standard InChI is InChI=1S/C16H17ClN4O2S/c1-11-14(17)3-2-4-15(11)20-16(24)19-10-9-18-12-5-7-13(8-6-12)21(22)23/h2-8,18H,9-10H2,1H3,(H2,19,20,24). The van der Waals surface area contributed by atoms with E-state index in [0.29, 0.717) is 23.2 Å². The van der Waals surface area contributed by atoms with E-state index in [9.17, 15) is 10.1 Å². The zero-order valence-corrected chi connectivity index (χ0v) is 14.6. The van der Waals surface area contributed by atoms with Gasteiger partial charge in [0.25, 0.3) is 5.69 Å². The number of non-ortho nitro benzene ring substituents is 1. The van der Waals surface area contributed by atoms with E-state index in [-0.39, 0.29) is 5.69 Å². The second kappa shape index (κ2) is 8.47. The van der Waals surface area contributed by atoms with Gasteiger partial charge >= 0.3 is 0 Å². The number of nitro groups is 1. The Hall–Kier alpha value is -2.38. The van der Waals surface area contributed by atoms with Gasteiger partial charge in [-0.15, -0.1) is 0 Å². The maximum Gasteiger partial charge on any atom is 0.269 e. The summed E-state index contributed by atoms with van der Waals surface area (Å²) in [5.41, 5.74) is 2.68. The second-order valence-corrected chi connectivity index (χ2v) is 5.84. The van der Waals surface area contributed by atoms with Crippen molar-refractivity contribution in [2.75, 3.05) is 23.7 Å². The van der Waals surface area contributed by atoms with E-state index in [0.717, 1.165) is 16.9 Å². The molecule has 0 spiro atoms. The SMILES string of the molecule is Cc1c(Cl)cccc1NC(=S)NCCNc1ccc([N+](=O)[O-])cc1. The molecule has 0 aliphatic rings. The van der Waals surface area contributed by atoms with Crippen molar-refractivity contribution in [1.29, 1.82) is 0 Å². The minimum absolute atomic E-state index is 0.0703. The van der Waals surface area contributed by atoms with Crippen molar-refractivity contribution >= 4 is 46.0 Å². The average molecular weight is 365 g/mol. The van der Waals surface area contributed by atoms with Crippen molar-refractivity contribution in [2.45, 2.75) is 6.92 Å². The molecule has 0 unspecified atom stereocenters. The number of nitro benzene ring substituents is 1. The Morgan fingerprint density at radius 1 is 1.21 bits per heavy atom. The van der Waals surface area contributed by atoms with Crippen LogP contribution in [-0.2, 0) is 0 Å². The Morgan fingerprint density at radius 3 is 2.58 bits per heavy atom. The number of halogens is 1. The molecule has 0 aliphatic heterocycles. The molecule has 24 heavy (non-hydrogen) atoms. The van der Waals surface area contributed by atoms with Crippen molar-refractivity contribution in [3.8, 4) is 0 Å². The monoisotopic (exact) mass is 364 g/mol. The van der Waals surface area contributed by atoms with Gasteiger partial charge in [-0.05, 0) is 49.0 Å². The number of hydrogen-bond donors (Lipinski definition) is 3. The summed E-state index contributed by atoms with van der Waals surface area (Å²) in [6, 6.07) is 11.9. The minimum Gasteiger partial charge on any atom is -0.383 e. The summed E-state index contributed by atoms with van der Waals surface area (Å²) in [6.45, 7) is 3.14. The number of benzene rings is 2. The fraction of sp³-hybridized carbons (Fsp3) is 0.188. The van der Waals surface area contributed by atoms with Crippen molar-refractivity contribution in [2.24, 2.45) is 0 Å². The molecule has 0 radical (unpaired) electrons. The molecule has 3 N–H and O–H groups in total. The lowest BCUT2D eigenvalue weighted by atomic mass is 10.2. The normalized spacial score (nSPS) is 10.1. The lowest BCUT2D eigenvalue weighted by Crippen LogP contribution is -2.32. The quantitative estimate of drug-likeness (QED) is 0.311. The van der Waals surface area contributed by atoms with Crippen LogP contribution < -0.4 is 16.0 Å². The van der Waals surface area contributed by atoms with Gasteiger partial charge in [0.1, 0.15) is 0 Å². The zero-order valence-electron chi connectivity index (χ0n) is 13.0. The van der Waals surface area contributed by atoms with Gasteiger partial charge in [-0.25, -0.2) is 0 Å². The Labute approximate surface area is 150 Å². The highest BCUT2D eigenvalue weighted by Crippen LogP contribution is 2.22. The van der Waals surface area contributed by atoms with E-state index in [4.69, 9.17) is 23.8 Å². The first-order valence-corrected chi connectivity index (χ1v) is 8.04. The molecule has 126 valence electrons. The predicted molar refractivity (Wildman–Crippen MR) is 102 cm³/mol. The largest absolute Gasteiger partial charge is 0.383 e. The van der Waals surface area contributed by atoms with Crippen molar-refractivity contribution in [3.05, 3.63) is 63.2 Å². The first kappa shape index (κ1) is 18.0. The molecule has 8 heteroatoms. The van der Waals surface area contributed by atoms with Crippen LogP contribution in [0.15, 0.2) is 42.5 Å². The van der Waals surface area contributed by atoms with Crippen molar-refractivity contribution < 1.29 is 4.92 Å². The summed E-state index contributed by atoms with van der Waals surface area (Å²) >= 11 is 11.3. The maximum absolute atomic E-state index is 10.6. The average Bonchev–Trinajstić information content (AvgIpc) is 2.56. The van der Waals surface area contributed by atoms with E-state index in [1.807, 2.05) is 25.1 Å². The third kappa shape index (κ3) is 5.07. The number of hydrogen-bond acceptors (Lipinski definition) is 4. The van der Waals surface area contributed by atoms with Crippen LogP contribution in [0.4, 0.5) is 17.1 Å². The van der Waals surface area contributed by atoms with Crippen molar-refractivity contribution in [1.82, 2.24) is 5.32 Å². The molecule has 0 saturated carbocycles. The van der Waals surface area contributed by atoms with Crippen LogP contribution in [0.5, 0.6) is 0 Å². The van der Waals surface area contributed by atoms with Crippen LogP contribution >= 0.6 is 23.8 Å². The summed E-state index contributed by atoms with van der Waals surface area (Å²) in [4.78, 5) is 10.2. The summed E-state index contributed by atoms with van der Waals surface area (Å²) < 4.78 is 0. The molecule has 0 aliphatic carbocycles. The lowest BCUT2D eigenvalue weighted by Gasteiger charge is -2.13. The lowest BCUT2D eigenvalue weighted by molar-refractivity contribution is -0.384. The van der Waals surface area contributed by atoms with Crippen LogP contribution in [0.3, 0.4) is 0 Å². The van der Waals surface area contributed by atoms with Crippen LogP contribution in [0.25, 0.3) is 0 Å². The summed E-state index contributed by atoms with van der Waals surface area (Å²) in [5.74, 6) is 0.